The molecule has 0 saturated carbocycles. The fourth-order valence-corrected chi connectivity index (χ4v) is 0.868. The summed E-state index contributed by atoms with van der Waals surface area (Å²) in [6.07, 6.45) is 1.63. The SMILES string of the molecule is Cc1ncc(CC(=O)O)n1C. The van der Waals surface area contributed by atoms with Gasteiger partial charge in [0.25, 0.3) is 0 Å². The van der Waals surface area contributed by atoms with Crippen molar-refractivity contribution in [2.45, 2.75) is 13.3 Å². The third-order valence-electron chi connectivity index (χ3n) is 1.65. The van der Waals surface area contributed by atoms with Crippen molar-refractivity contribution in [3.05, 3.63) is 17.7 Å². The van der Waals surface area contributed by atoms with Crippen LogP contribution in [0.4, 0.5) is 0 Å². The molecule has 1 rings (SSSR count). The van der Waals surface area contributed by atoms with Crippen LogP contribution in [0.5, 0.6) is 0 Å². The van der Waals surface area contributed by atoms with Crippen LogP contribution >= 0.6 is 0 Å². The second-order valence-corrected chi connectivity index (χ2v) is 2.43. The maximum absolute atomic E-state index is 10.3. The van der Waals surface area contributed by atoms with Crippen molar-refractivity contribution in [3.8, 4) is 0 Å². The summed E-state index contributed by atoms with van der Waals surface area (Å²) >= 11 is 0. The van der Waals surface area contributed by atoms with Crippen molar-refractivity contribution in [3.63, 3.8) is 0 Å². The van der Waals surface area contributed by atoms with E-state index in [1.807, 2.05) is 6.92 Å². The Morgan fingerprint density at radius 1 is 1.82 bits per heavy atom. The first-order valence-electron chi connectivity index (χ1n) is 3.30. The lowest BCUT2D eigenvalue weighted by Gasteiger charge is -1.98. The number of nitrogens with zero attached hydrogens (tertiary/aromatic N) is 2. The highest BCUT2D eigenvalue weighted by atomic mass is 16.4. The molecule has 0 bridgehead atoms. The lowest BCUT2D eigenvalue weighted by Crippen LogP contribution is -2.05. The minimum atomic E-state index is -0.826. The van der Waals surface area contributed by atoms with Gasteiger partial charge in [0.05, 0.1) is 6.42 Å². The smallest absolute Gasteiger partial charge is 0.309 e. The van der Waals surface area contributed by atoms with Crippen molar-refractivity contribution < 1.29 is 9.90 Å². The first kappa shape index (κ1) is 7.78. The molecule has 0 fully saturated rings. The van der Waals surface area contributed by atoms with E-state index in [1.165, 1.54) is 0 Å². The number of aryl methyl sites for hydroxylation is 1. The van der Waals surface area contributed by atoms with Crippen LogP contribution in [0.25, 0.3) is 0 Å². The van der Waals surface area contributed by atoms with Gasteiger partial charge in [0.2, 0.25) is 0 Å². The number of hydrogen-bond donors (Lipinski definition) is 1. The van der Waals surface area contributed by atoms with Crippen LogP contribution in [0.2, 0.25) is 0 Å². The molecule has 0 atom stereocenters. The van der Waals surface area contributed by atoms with E-state index in [4.69, 9.17) is 5.11 Å². The van der Waals surface area contributed by atoms with Gasteiger partial charge in [-0.2, -0.15) is 0 Å². The zero-order valence-electron chi connectivity index (χ0n) is 6.53. The number of imidazole rings is 1. The molecule has 0 aliphatic heterocycles. The molecule has 1 N–H and O–H groups in total. The summed E-state index contributed by atoms with van der Waals surface area (Å²) in [4.78, 5) is 14.3. The highest BCUT2D eigenvalue weighted by Gasteiger charge is 2.05. The summed E-state index contributed by atoms with van der Waals surface area (Å²) in [6, 6.07) is 0. The third kappa shape index (κ3) is 1.58. The summed E-state index contributed by atoms with van der Waals surface area (Å²) in [6.45, 7) is 1.84. The summed E-state index contributed by atoms with van der Waals surface area (Å²) in [5.41, 5.74) is 0.731. The third-order valence-corrected chi connectivity index (χ3v) is 1.65. The van der Waals surface area contributed by atoms with Crippen LogP contribution in [0, 0.1) is 6.92 Å². The molecular formula is C7H10N2O2. The van der Waals surface area contributed by atoms with E-state index in [1.54, 1.807) is 17.8 Å². The Morgan fingerprint density at radius 3 is 2.82 bits per heavy atom. The van der Waals surface area contributed by atoms with Crippen molar-refractivity contribution in [1.29, 1.82) is 0 Å². The molecule has 0 amide bonds. The number of aliphatic carboxylic acids is 1. The summed E-state index contributed by atoms with van der Waals surface area (Å²) < 4.78 is 1.77. The molecule has 1 aromatic rings. The molecule has 0 saturated heterocycles. The fourth-order valence-electron chi connectivity index (χ4n) is 0.868. The van der Waals surface area contributed by atoms with Crippen LogP contribution in [-0.2, 0) is 18.3 Å². The van der Waals surface area contributed by atoms with Gasteiger partial charge in [-0.15, -0.1) is 0 Å². The molecule has 0 aliphatic carbocycles. The topological polar surface area (TPSA) is 55.1 Å². The van der Waals surface area contributed by atoms with E-state index < -0.39 is 5.97 Å². The predicted octanol–water partition coefficient (Wildman–Crippen LogP) is 0.356. The van der Waals surface area contributed by atoms with E-state index in [0.717, 1.165) is 11.5 Å². The van der Waals surface area contributed by atoms with Gasteiger partial charge >= 0.3 is 5.97 Å². The van der Waals surface area contributed by atoms with Gasteiger partial charge < -0.3 is 9.67 Å². The Morgan fingerprint density at radius 2 is 2.45 bits per heavy atom. The summed E-state index contributed by atoms with van der Waals surface area (Å²) in [5.74, 6) is 0.00856. The molecule has 1 aromatic heterocycles. The number of hydrogen-bond acceptors (Lipinski definition) is 2. The quantitative estimate of drug-likeness (QED) is 0.669. The molecule has 4 nitrogen and oxygen atoms in total. The standard InChI is InChI=1S/C7H10N2O2/c1-5-8-4-6(9(5)2)3-7(10)11/h4H,3H2,1-2H3,(H,10,11). The molecule has 1 heterocycles. The van der Waals surface area contributed by atoms with E-state index in [9.17, 15) is 4.79 Å². The molecule has 0 aliphatic rings. The molecule has 0 spiro atoms. The molecule has 11 heavy (non-hydrogen) atoms. The van der Waals surface area contributed by atoms with Crippen molar-refractivity contribution in [2.24, 2.45) is 7.05 Å². The van der Waals surface area contributed by atoms with Crippen LogP contribution in [-0.4, -0.2) is 20.6 Å². The summed E-state index contributed by atoms with van der Waals surface area (Å²) in [5, 5.41) is 8.46. The van der Waals surface area contributed by atoms with Crippen molar-refractivity contribution >= 4 is 5.97 Å². The zero-order valence-corrected chi connectivity index (χ0v) is 6.53. The highest BCUT2D eigenvalue weighted by molar-refractivity contribution is 5.69. The minimum Gasteiger partial charge on any atom is -0.481 e. The fraction of sp³-hybridized carbons (Fsp3) is 0.429. The van der Waals surface area contributed by atoms with E-state index in [-0.39, 0.29) is 6.42 Å². The summed E-state index contributed by atoms with van der Waals surface area (Å²) in [7, 11) is 1.81. The van der Waals surface area contributed by atoms with Gasteiger partial charge in [-0.05, 0) is 6.92 Å². The Balaban J connectivity index is 2.87. The average molecular weight is 154 g/mol. The number of carbonyl (C=O) groups is 1. The van der Waals surface area contributed by atoms with Gasteiger partial charge in [-0.25, -0.2) is 4.98 Å². The molecule has 4 heteroatoms. The molecular weight excluding hydrogens is 144 g/mol. The molecule has 0 radical (unpaired) electrons. The Labute approximate surface area is 64.5 Å². The lowest BCUT2D eigenvalue weighted by molar-refractivity contribution is -0.136. The van der Waals surface area contributed by atoms with Gasteiger partial charge in [0.1, 0.15) is 5.82 Å². The largest absolute Gasteiger partial charge is 0.481 e. The average Bonchev–Trinajstić information content (AvgIpc) is 2.18. The van der Waals surface area contributed by atoms with Crippen LogP contribution in [0.15, 0.2) is 6.20 Å². The Bertz CT molecular complexity index is 278. The van der Waals surface area contributed by atoms with Gasteiger partial charge in [0.15, 0.2) is 0 Å². The molecule has 60 valence electrons. The van der Waals surface area contributed by atoms with Crippen LogP contribution in [0.3, 0.4) is 0 Å². The number of aromatic nitrogens is 2. The Hall–Kier alpha value is -1.32. The van der Waals surface area contributed by atoms with Gasteiger partial charge in [-0.1, -0.05) is 0 Å². The number of rotatable bonds is 2. The predicted molar refractivity (Wildman–Crippen MR) is 39.3 cm³/mol. The van der Waals surface area contributed by atoms with Crippen molar-refractivity contribution in [2.75, 3.05) is 0 Å². The zero-order chi connectivity index (χ0) is 8.43. The first-order valence-corrected chi connectivity index (χ1v) is 3.30. The van der Waals surface area contributed by atoms with E-state index in [0.29, 0.717) is 0 Å². The van der Waals surface area contributed by atoms with Gasteiger partial charge in [0, 0.05) is 18.9 Å². The maximum Gasteiger partial charge on any atom is 0.309 e. The minimum absolute atomic E-state index is 0.0390. The van der Waals surface area contributed by atoms with Gasteiger partial charge in [-0.3, -0.25) is 4.79 Å². The second-order valence-electron chi connectivity index (χ2n) is 2.43. The van der Waals surface area contributed by atoms with E-state index >= 15 is 0 Å². The lowest BCUT2D eigenvalue weighted by atomic mass is 10.3. The normalized spacial score (nSPS) is 10.0. The van der Waals surface area contributed by atoms with E-state index in [2.05, 4.69) is 4.98 Å². The van der Waals surface area contributed by atoms with Crippen LogP contribution in [0.1, 0.15) is 11.5 Å². The number of carboxylic acids is 1. The van der Waals surface area contributed by atoms with Crippen LogP contribution < -0.4 is 0 Å². The molecule has 0 aromatic carbocycles. The Kier molecular flexibility index (Phi) is 1.94. The molecule has 0 unspecified atom stereocenters. The number of carboxylic acid groups (broad SMARTS) is 1. The highest BCUT2D eigenvalue weighted by Crippen LogP contribution is 2.01. The van der Waals surface area contributed by atoms with Crippen molar-refractivity contribution in [1.82, 2.24) is 9.55 Å². The first-order chi connectivity index (χ1) is 5.11. The maximum atomic E-state index is 10.3. The monoisotopic (exact) mass is 154 g/mol. The second kappa shape index (κ2) is 2.74.